The molecule has 1 rings (SSSR count). The van der Waals surface area contributed by atoms with Crippen LogP contribution in [0.25, 0.3) is 0 Å². The summed E-state index contributed by atoms with van der Waals surface area (Å²) >= 11 is 0. The fourth-order valence-electron chi connectivity index (χ4n) is 2.38. The lowest BCUT2D eigenvalue weighted by molar-refractivity contribution is -0.141. The summed E-state index contributed by atoms with van der Waals surface area (Å²) in [6, 6.07) is 4.15. The molecule has 2 N–H and O–H groups in total. The SMILES string of the molecule is CNC(CC(C)C(=O)O)c1cc(C)c(OC)c(C)c1. The summed E-state index contributed by atoms with van der Waals surface area (Å²) in [5.41, 5.74) is 3.24. The van der Waals surface area contributed by atoms with Crippen LogP contribution in [0, 0.1) is 19.8 Å². The molecule has 1 aromatic rings. The fraction of sp³-hybridized carbons (Fsp3) is 0.533. The van der Waals surface area contributed by atoms with E-state index >= 15 is 0 Å². The van der Waals surface area contributed by atoms with Gasteiger partial charge < -0.3 is 15.2 Å². The lowest BCUT2D eigenvalue weighted by Crippen LogP contribution is -2.22. The van der Waals surface area contributed by atoms with Crippen LogP contribution >= 0.6 is 0 Å². The lowest BCUT2D eigenvalue weighted by Gasteiger charge is -2.21. The average Bonchev–Trinajstić information content (AvgIpc) is 2.34. The van der Waals surface area contributed by atoms with E-state index < -0.39 is 5.97 Å². The van der Waals surface area contributed by atoms with Crippen LogP contribution < -0.4 is 10.1 Å². The van der Waals surface area contributed by atoms with Gasteiger partial charge in [-0.25, -0.2) is 0 Å². The number of methoxy groups -OCH3 is 1. The molecule has 0 spiro atoms. The highest BCUT2D eigenvalue weighted by Gasteiger charge is 2.19. The summed E-state index contributed by atoms with van der Waals surface area (Å²) in [6.07, 6.45) is 0.567. The highest BCUT2D eigenvalue weighted by Crippen LogP contribution is 2.29. The lowest BCUT2D eigenvalue weighted by atomic mass is 9.93. The number of hydrogen-bond donors (Lipinski definition) is 2. The Kier molecular flexibility index (Phi) is 5.36. The number of aliphatic carboxylic acids is 1. The molecule has 0 aliphatic rings. The maximum atomic E-state index is 11.0. The first-order chi connectivity index (χ1) is 8.90. The molecule has 0 aliphatic carbocycles. The molecule has 0 aliphatic heterocycles. The molecule has 0 saturated heterocycles. The van der Waals surface area contributed by atoms with E-state index in [2.05, 4.69) is 17.4 Å². The predicted octanol–water partition coefficient (Wildman–Crippen LogP) is 2.68. The molecular weight excluding hydrogens is 242 g/mol. The number of hydrogen-bond acceptors (Lipinski definition) is 3. The average molecular weight is 265 g/mol. The smallest absolute Gasteiger partial charge is 0.306 e. The Morgan fingerprint density at radius 3 is 2.26 bits per heavy atom. The number of carboxylic acid groups (broad SMARTS) is 1. The van der Waals surface area contributed by atoms with Crippen molar-refractivity contribution < 1.29 is 14.6 Å². The Hall–Kier alpha value is -1.55. The van der Waals surface area contributed by atoms with E-state index in [-0.39, 0.29) is 12.0 Å². The molecule has 1 aromatic carbocycles. The van der Waals surface area contributed by atoms with E-state index in [1.54, 1.807) is 14.0 Å². The Morgan fingerprint density at radius 2 is 1.89 bits per heavy atom. The zero-order valence-electron chi connectivity index (χ0n) is 12.3. The standard InChI is InChI=1S/C15H23NO3/c1-9-6-12(7-10(2)14(9)19-5)13(16-4)8-11(3)15(17)18/h6-7,11,13,16H,8H2,1-5H3,(H,17,18). The summed E-state index contributed by atoms with van der Waals surface area (Å²) in [5.74, 6) is -0.243. The molecule has 4 heteroatoms. The number of carboxylic acids is 1. The van der Waals surface area contributed by atoms with Crippen LogP contribution in [0.15, 0.2) is 12.1 Å². The van der Waals surface area contributed by atoms with E-state index in [0.29, 0.717) is 6.42 Å². The van der Waals surface area contributed by atoms with Crippen molar-refractivity contribution in [2.45, 2.75) is 33.2 Å². The summed E-state index contributed by atoms with van der Waals surface area (Å²) in [7, 11) is 3.52. The Balaban J connectivity index is 3.02. The number of rotatable bonds is 6. The zero-order valence-corrected chi connectivity index (χ0v) is 12.3. The van der Waals surface area contributed by atoms with Gasteiger partial charge in [0.25, 0.3) is 0 Å². The number of aryl methyl sites for hydroxylation is 2. The molecule has 2 atom stereocenters. The molecule has 0 saturated carbocycles. The molecule has 0 radical (unpaired) electrons. The van der Waals surface area contributed by atoms with E-state index in [9.17, 15) is 4.79 Å². The topological polar surface area (TPSA) is 58.6 Å². The summed E-state index contributed by atoms with van der Waals surface area (Å²) in [6.45, 7) is 5.74. The minimum atomic E-state index is -0.762. The minimum absolute atomic E-state index is 0.0365. The number of ether oxygens (including phenoxy) is 1. The Bertz CT molecular complexity index is 434. The fourth-order valence-corrected chi connectivity index (χ4v) is 2.38. The summed E-state index contributed by atoms with van der Waals surface area (Å²) < 4.78 is 5.35. The van der Waals surface area contributed by atoms with Gasteiger partial charge in [-0.3, -0.25) is 4.79 Å². The monoisotopic (exact) mass is 265 g/mol. The predicted molar refractivity (Wildman–Crippen MR) is 75.7 cm³/mol. The Labute approximate surface area is 114 Å². The van der Waals surface area contributed by atoms with Crippen LogP contribution in [0.2, 0.25) is 0 Å². The molecule has 0 fully saturated rings. The number of carbonyl (C=O) groups is 1. The van der Waals surface area contributed by atoms with Gasteiger partial charge in [0.1, 0.15) is 5.75 Å². The van der Waals surface area contributed by atoms with Crippen molar-refractivity contribution in [3.8, 4) is 5.75 Å². The molecule has 0 bridgehead atoms. The zero-order chi connectivity index (χ0) is 14.6. The van der Waals surface area contributed by atoms with Crippen molar-refractivity contribution in [1.82, 2.24) is 5.32 Å². The second kappa shape index (κ2) is 6.57. The molecule has 106 valence electrons. The van der Waals surface area contributed by atoms with Crippen LogP contribution in [0.3, 0.4) is 0 Å². The van der Waals surface area contributed by atoms with Gasteiger partial charge in [-0.05, 0) is 44.0 Å². The second-order valence-corrected chi connectivity index (χ2v) is 5.00. The normalized spacial score (nSPS) is 13.9. The molecule has 2 unspecified atom stereocenters. The summed E-state index contributed by atoms with van der Waals surface area (Å²) in [4.78, 5) is 11.0. The van der Waals surface area contributed by atoms with Crippen molar-refractivity contribution in [3.05, 3.63) is 28.8 Å². The third-order valence-electron chi connectivity index (χ3n) is 3.45. The number of benzene rings is 1. The van der Waals surface area contributed by atoms with Crippen LogP contribution in [-0.2, 0) is 4.79 Å². The number of nitrogens with one attached hydrogen (secondary N) is 1. The molecule has 0 amide bonds. The molecule has 0 aromatic heterocycles. The maximum absolute atomic E-state index is 11.0. The second-order valence-electron chi connectivity index (χ2n) is 5.00. The largest absolute Gasteiger partial charge is 0.496 e. The van der Waals surface area contributed by atoms with Crippen LogP contribution in [0.5, 0.6) is 5.75 Å². The van der Waals surface area contributed by atoms with Gasteiger partial charge >= 0.3 is 5.97 Å². The van der Waals surface area contributed by atoms with E-state index in [1.807, 2.05) is 20.9 Å². The van der Waals surface area contributed by atoms with Crippen LogP contribution in [0.1, 0.15) is 36.1 Å². The highest BCUT2D eigenvalue weighted by molar-refractivity contribution is 5.69. The third-order valence-corrected chi connectivity index (χ3v) is 3.45. The van der Waals surface area contributed by atoms with Gasteiger partial charge in [-0.15, -0.1) is 0 Å². The van der Waals surface area contributed by atoms with Gasteiger partial charge in [-0.2, -0.15) is 0 Å². The quantitative estimate of drug-likeness (QED) is 0.830. The molecule has 19 heavy (non-hydrogen) atoms. The van der Waals surface area contributed by atoms with Gasteiger partial charge in [0.05, 0.1) is 13.0 Å². The van der Waals surface area contributed by atoms with Gasteiger partial charge in [0.2, 0.25) is 0 Å². The van der Waals surface area contributed by atoms with Crippen molar-refractivity contribution in [1.29, 1.82) is 0 Å². The Morgan fingerprint density at radius 1 is 1.37 bits per heavy atom. The van der Waals surface area contributed by atoms with Gasteiger partial charge in [0.15, 0.2) is 0 Å². The van der Waals surface area contributed by atoms with Crippen LogP contribution in [0.4, 0.5) is 0 Å². The molecule has 0 heterocycles. The third kappa shape index (κ3) is 3.70. The van der Waals surface area contributed by atoms with Crippen LogP contribution in [-0.4, -0.2) is 25.2 Å². The first kappa shape index (κ1) is 15.5. The van der Waals surface area contributed by atoms with Crippen molar-refractivity contribution >= 4 is 5.97 Å². The van der Waals surface area contributed by atoms with Gasteiger partial charge in [0, 0.05) is 6.04 Å². The minimum Gasteiger partial charge on any atom is -0.496 e. The molecular formula is C15H23NO3. The molecule has 4 nitrogen and oxygen atoms in total. The summed E-state index contributed by atoms with van der Waals surface area (Å²) in [5, 5.41) is 12.2. The van der Waals surface area contributed by atoms with E-state index in [0.717, 1.165) is 22.4 Å². The van der Waals surface area contributed by atoms with Crippen molar-refractivity contribution in [2.24, 2.45) is 5.92 Å². The van der Waals surface area contributed by atoms with E-state index in [4.69, 9.17) is 9.84 Å². The maximum Gasteiger partial charge on any atom is 0.306 e. The highest BCUT2D eigenvalue weighted by atomic mass is 16.5. The first-order valence-electron chi connectivity index (χ1n) is 6.45. The van der Waals surface area contributed by atoms with Gasteiger partial charge in [-0.1, -0.05) is 19.1 Å². The van der Waals surface area contributed by atoms with Crippen molar-refractivity contribution in [3.63, 3.8) is 0 Å². The first-order valence-corrected chi connectivity index (χ1v) is 6.45. The van der Waals surface area contributed by atoms with E-state index in [1.165, 1.54) is 0 Å². The van der Waals surface area contributed by atoms with Crippen molar-refractivity contribution in [2.75, 3.05) is 14.2 Å².